The van der Waals surface area contributed by atoms with Gasteiger partial charge in [-0.1, -0.05) is 35.9 Å². The first-order valence-corrected chi connectivity index (χ1v) is 9.99. The van der Waals surface area contributed by atoms with Crippen LogP contribution in [0.25, 0.3) is 16.7 Å². The third kappa shape index (κ3) is 3.95. The van der Waals surface area contributed by atoms with Crippen molar-refractivity contribution in [3.63, 3.8) is 0 Å². The van der Waals surface area contributed by atoms with E-state index in [1.165, 1.54) is 15.0 Å². The maximum atomic E-state index is 13.1. The maximum absolute atomic E-state index is 13.1. The lowest BCUT2D eigenvalue weighted by Crippen LogP contribution is -2.35. The van der Waals surface area contributed by atoms with Gasteiger partial charge in [-0.25, -0.2) is 4.98 Å². The Labute approximate surface area is 182 Å². The number of hydrogen-bond donors (Lipinski definition) is 2. The van der Waals surface area contributed by atoms with Crippen LogP contribution in [0.3, 0.4) is 0 Å². The van der Waals surface area contributed by atoms with Crippen molar-refractivity contribution in [2.75, 3.05) is 13.7 Å². The van der Waals surface area contributed by atoms with Crippen molar-refractivity contribution in [3.8, 4) is 0 Å². The highest BCUT2D eigenvalue weighted by atomic mass is 35.5. The second kappa shape index (κ2) is 8.71. The van der Waals surface area contributed by atoms with Gasteiger partial charge in [0.1, 0.15) is 16.8 Å². The fourth-order valence-corrected chi connectivity index (χ4v) is 3.58. The van der Waals surface area contributed by atoms with E-state index in [-0.39, 0.29) is 35.1 Å². The van der Waals surface area contributed by atoms with Crippen LogP contribution >= 0.6 is 11.6 Å². The number of aromatic nitrogens is 3. The third-order valence-electron chi connectivity index (χ3n) is 4.98. The number of nitrogens with one attached hydrogen (secondary N) is 2. The number of hydrogen-bond acceptors (Lipinski definition) is 5. The van der Waals surface area contributed by atoms with Crippen molar-refractivity contribution in [2.24, 2.45) is 0 Å². The number of carbonyl (C=O) groups excluding carboxylic acids is 1. The predicted molar refractivity (Wildman–Crippen MR) is 117 cm³/mol. The Hall–Kier alpha value is -3.49. The van der Waals surface area contributed by atoms with E-state index in [2.05, 4.69) is 10.3 Å². The molecule has 0 aliphatic heterocycles. The smallest absolute Gasteiger partial charge is 0.267 e. The zero-order chi connectivity index (χ0) is 22.0. The Morgan fingerprint density at radius 2 is 2.00 bits per heavy atom. The number of benzene rings is 1. The molecule has 0 aliphatic carbocycles. The molecule has 0 atom stereocenters. The molecule has 3 heterocycles. The number of ether oxygens (including phenoxy) is 1. The van der Waals surface area contributed by atoms with Crippen LogP contribution in [0, 0.1) is 5.41 Å². The summed E-state index contributed by atoms with van der Waals surface area (Å²) < 4.78 is 8.10. The van der Waals surface area contributed by atoms with E-state index in [1.807, 2.05) is 18.2 Å². The summed E-state index contributed by atoms with van der Waals surface area (Å²) in [6.07, 6.45) is 1.62. The van der Waals surface area contributed by atoms with E-state index >= 15 is 0 Å². The van der Waals surface area contributed by atoms with Crippen molar-refractivity contribution in [2.45, 2.75) is 13.1 Å². The number of amides is 1. The molecule has 4 aromatic rings. The fourth-order valence-electron chi connectivity index (χ4n) is 3.37. The molecule has 1 amide bonds. The zero-order valence-corrected chi connectivity index (χ0v) is 17.5. The molecule has 0 radical (unpaired) electrons. The van der Waals surface area contributed by atoms with Crippen LogP contribution in [0.2, 0.25) is 5.02 Å². The van der Waals surface area contributed by atoms with Gasteiger partial charge in [0.05, 0.1) is 17.6 Å². The van der Waals surface area contributed by atoms with Crippen LogP contribution in [0.1, 0.15) is 15.9 Å². The first-order chi connectivity index (χ1) is 15.0. The van der Waals surface area contributed by atoms with Crippen molar-refractivity contribution >= 4 is 34.2 Å². The molecular formula is C22H20ClN5O3. The topological polar surface area (TPSA) is 101 Å². The van der Waals surface area contributed by atoms with E-state index in [9.17, 15) is 9.59 Å². The van der Waals surface area contributed by atoms with Crippen LogP contribution in [-0.2, 0) is 17.8 Å². The summed E-state index contributed by atoms with van der Waals surface area (Å²) in [5.74, 6) is -0.476. The van der Waals surface area contributed by atoms with Gasteiger partial charge in [0.2, 0.25) is 0 Å². The van der Waals surface area contributed by atoms with Crippen molar-refractivity contribution in [3.05, 3.63) is 86.7 Å². The largest absolute Gasteiger partial charge is 0.383 e. The van der Waals surface area contributed by atoms with Gasteiger partial charge in [0.25, 0.3) is 11.5 Å². The average molecular weight is 438 g/mol. The molecule has 8 nitrogen and oxygen atoms in total. The Bertz CT molecular complexity index is 1410. The quantitative estimate of drug-likeness (QED) is 0.452. The van der Waals surface area contributed by atoms with E-state index in [0.717, 1.165) is 5.56 Å². The zero-order valence-electron chi connectivity index (χ0n) is 16.8. The average Bonchev–Trinajstić information content (AvgIpc) is 2.78. The molecular weight excluding hydrogens is 418 g/mol. The number of methoxy groups -OCH3 is 1. The minimum absolute atomic E-state index is 0.0478. The molecule has 158 valence electrons. The summed E-state index contributed by atoms with van der Waals surface area (Å²) >= 11 is 6.16. The summed E-state index contributed by atoms with van der Waals surface area (Å²) in [6.45, 7) is 0.766. The Morgan fingerprint density at radius 3 is 2.77 bits per heavy atom. The third-order valence-corrected chi connectivity index (χ3v) is 5.35. The van der Waals surface area contributed by atoms with Crippen molar-refractivity contribution in [1.29, 1.82) is 5.41 Å². The lowest BCUT2D eigenvalue weighted by atomic mass is 10.1. The Balaban J connectivity index is 1.84. The minimum Gasteiger partial charge on any atom is -0.383 e. The molecule has 0 bridgehead atoms. The SMILES string of the molecule is COCCn1c(=N)c(C(=O)NCc2ccccc2Cl)cc2c(=O)n3ccccc3nc21. The lowest BCUT2D eigenvalue weighted by molar-refractivity contribution is 0.0948. The monoisotopic (exact) mass is 437 g/mol. The van der Waals surface area contributed by atoms with Crippen LogP contribution in [0.5, 0.6) is 0 Å². The highest BCUT2D eigenvalue weighted by Crippen LogP contribution is 2.15. The molecule has 0 aliphatic rings. The normalized spacial score (nSPS) is 11.2. The summed E-state index contributed by atoms with van der Waals surface area (Å²) in [7, 11) is 1.55. The van der Waals surface area contributed by atoms with Crippen LogP contribution in [-0.4, -0.2) is 33.6 Å². The molecule has 1 aromatic carbocycles. The molecule has 0 fully saturated rings. The van der Waals surface area contributed by atoms with Gasteiger partial charge in [-0.15, -0.1) is 0 Å². The molecule has 9 heteroatoms. The molecule has 4 rings (SSSR count). The summed E-state index contributed by atoms with van der Waals surface area (Å²) in [4.78, 5) is 30.6. The number of halogens is 1. The van der Waals surface area contributed by atoms with E-state index < -0.39 is 5.91 Å². The first kappa shape index (κ1) is 20.8. The molecule has 3 aromatic heterocycles. The van der Waals surface area contributed by atoms with Gasteiger partial charge < -0.3 is 14.6 Å². The van der Waals surface area contributed by atoms with Gasteiger partial charge >= 0.3 is 0 Å². The number of fused-ring (bicyclic) bond motifs is 2. The molecule has 31 heavy (non-hydrogen) atoms. The molecule has 0 spiro atoms. The fraction of sp³-hybridized carbons (Fsp3) is 0.182. The van der Waals surface area contributed by atoms with Crippen molar-refractivity contribution < 1.29 is 9.53 Å². The van der Waals surface area contributed by atoms with Crippen LogP contribution < -0.4 is 16.4 Å². The van der Waals surface area contributed by atoms with Gasteiger partial charge in [0.15, 0.2) is 0 Å². The van der Waals surface area contributed by atoms with E-state index in [1.54, 1.807) is 37.6 Å². The predicted octanol–water partition coefficient (Wildman–Crippen LogP) is 2.36. The van der Waals surface area contributed by atoms with Gasteiger partial charge in [-0.3, -0.25) is 19.4 Å². The number of nitrogens with zero attached hydrogens (tertiary/aromatic N) is 3. The number of carbonyl (C=O) groups is 1. The van der Waals surface area contributed by atoms with Crippen LogP contribution in [0.4, 0.5) is 0 Å². The highest BCUT2D eigenvalue weighted by molar-refractivity contribution is 6.31. The van der Waals surface area contributed by atoms with E-state index in [4.69, 9.17) is 21.7 Å². The Kier molecular flexibility index (Phi) is 5.83. The second-order valence-electron chi connectivity index (χ2n) is 6.91. The highest BCUT2D eigenvalue weighted by Gasteiger charge is 2.17. The van der Waals surface area contributed by atoms with Gasteiger partial charge in [0, 0.05) is 31.4 Å². The molecule has 2 N–H and O–H groups in total. The van der Waals surface area contributed by atoms with Gasteiger partial charge in [-0.05, 0) is 29.8 Å². The van der Waals surface area contributed by atoms with Gasteiger partial charge in [-0.2, -0.15) is 0 Å². The molecule has 0 saturated heterocycles. The standard InChI is InChI=1S/C22H20ClN5O3/c1-31-11-10-28-19(24)15(21(29)25-13-14-6-2-3-7-17(14)23)12-16-20(28)26-18-8-4-5-9-27(18)22(16)30/h2-9,12,24H,10-11,13H2,1H3,(H,25,29). The first-order valence-electron chi connectivity index (χ1n) is 9.61. The van der Waals surface area contributed by atoms with Crippen molar-refractivity contribution in [1.82, 2.24) is 19.3 Å². The summed E-state index contributed by atoms with van der Waals surface area (Å²) in [6, 6.07) is 13.9. The molecule has 0 saturated carbocycles. The lowest BCUT2D eigenvalue weighted by Gasteiger charge is -2.14. The second-order valence-corrected chi connectivity index (χ2v) is 7.32. The molecule has 0 unspecified atom stereocenters. The van der Waals surface area contributed by atoms with E-state index in [0.29, 0.717) is 22.9 Å². The number of rotatable bonds is 6. The summed E-state index contributed by atoms with van der Waals surface area (Å²) in [5.41, 5.74) is 1.26. The maximum Gasteiger partial charge on any atom is 0.267 e. The summed E-state index contributed by atoms with van der Waals surface area (Å²) in [5, 5.41) is 12.2. The Morgan fingerprint density at radius 1 is 1.23 bits per heavy atom. The van der Waals surface area contributed by atoms with Crippen LogP contribution in [0.15, 0.2) is 59.5 Å². The minimum atomic E-state index is -0.476. The number of pyridine rings is 2.